The molecule has 0 saturated heterocycles. The van der Waals surface area contributed by atoms with Crippen molar-refractivity contribution in [3.8, 4) is 0 Å². The second kappa shape index (κ2) is 5.44. The standard InChI is InChI=1S/C13H15BrN4O/c1-3-11-9(7-18(2)17-11)13(19)16-12-6-8(15)4-5-10(12)14/h4-7H,3,15H2,1-2H3,(H,16,19). The molecule has 0 atom stereocenters. The van der Waals surface area contributed by atoms with Gasteiger partial charge in [0.25, 0.3) is 5.91 Å². The molecule has 0 aliphatic rings. The van der Waals surface area contributed by atoms with E-state index < -0.39 is 0 Å². The highest BCUT2D eigenvalue weighted by Gasteiger charge is 2.15. The number of amides is 1. The maximum Gasteiger partial charge on any atom is 0.259 e. The van der Waals surface area contributed by atoms with Gasteiger partial charge in [-0.1, -0.05) is 6.92 Å². The SMILES string of the molecule is CCc1nn(C)cc1C(=O)Nc1cc(N)ccc1Br. The number of nitrogens with zero attached hydrogens (tertiary/aromatic N) is 2. The first-order valence-corrected chi connectivity index (χ1v) is 6.69. The number of nitrogen functional groups attached to an aromatic ring is 1. The Bertz CT molecular complexity index is 621. The fourth-order valence-electron chi connectivity index (χ4n) is 1.81. The van der Waals surface area contributed by atoms with E-state index in [2.05, 4.69) is 26.3 Å². The molecule has 2 aromatic rings. The average Bonchev–Trinajstić information content (AvgIpc) is 2.75. The van der Waals surface area contributed by atoms with Crippen molar-refractivity contribution in [1.29, 1.82) is 0 Å². The smallest absolute Gasteiger partial charge is 0.259 e. The number of aromatic nitrogens is 2. The monoisotopic (exact) mass is 322 g/mol. The van der Waals surface area contributed by atoms with Gasteiger partial charge in [0.15, 0.2) is 0 Å². The van der Waals surface area contributed by atoms with E-state index in [0.29, 0.717) is 23.4 Å². The Morgan fingerprint density at radius 1 is 1.53 bits per heavy atom. The van der Waals surface area contributed by atoms with Gasteiger partial charge in [0.1, 0.15) is 0 Å². The molecule has 1 aromatic carbocycles. The summed E-state index contributed by atoms with van der Waals surface area (Å²) in [6, 6.07) is 5.28. The lowest BCUT2D eigenvalue weighted by Gasteiger charge is -2.07. The number of rotatable bonds is 3. The highest BCUT2D eigenvalue weighted by Crippen LogP contribution is 2.25. The zero-order chi connectivity index (χ0) is 14.0. The summed E-state index contributed by atoms with van der Waals surface area (Å²) in [5, 5.41) is 7.09. The van der Waals surface area contributed by atoms with Crippen molar-refractivity contribution < 1.29 is 4.79 Å². The highest BCUT2D eigenvalue weighted by atomic mass is 79.9. The molecule has 1 heterocycles. The third-order valence-electron chi connectivity index (χ3n) is 2.72. The predicted octanol–water partition coefficient (Wildman–Crippen LogP) is 2.58. The van der Waals surface area contributed by atoms with Gasteiger partial charge in [-0.25, -0.2) is 0 Å². The number of nitrogens with one attached hydrogen (secondary N) is 1. The van der Waals surface area contributed by atoms with Crippen LogP contribution < -0.4 is 11.1 Å². The van der Waals surface area contributed by atoms with Crippen LogP contribution in [0.15, 0.2) is 28.9 Å². The summed E-state index contributed by atoms with van der Waals surface area (Å²) in [6.45, 7) is 1.97. The summed E-state index contributed by atoms with van der Waals surface area (Å²) >= 11 is 3.38. The zero-order valence-electron chi connectivity index (χ0n) is 10.8. The summed E-state index contributed by atoms with van der Waals surface area (Å²) in [5.41, 5.74) is 8.32. The normalized spacial score (nSPS) is 10.5. The van der Waals surface area contributed by atoms with Crippen molar-refractivity contribution in [1.82, 2.24) is 9.78 Å². The van der Waals surface area contributed by atoms with Gasteiger partial charge >= 0.3 is 0 Å². The molecule has 0 unspecified atom stereocenters. The molecule has 0 aliphatic heterocycles. The van der Waals surface area contributed by atoms with Crippen LogP contribution in [0.4, 0.5) is 11.4 Å². The molecule has 0 radical (unpaired) electrons. The van der Waals surface area contributed by atoms with Crippen molar-refractivity contribution in [2.24, 2.45) is 7.05 Å². The van der Waals surface area contributed by atoms with Gasteiger partial charge in [0.05, 0.1) is 16.9 Å². The Morgan fingerprint density at radius 2 is 2.26 bits per heavy atom. The number of aryl methyl sites for hydroxylation is 2. The number of carbonyl (C=O) groups is 1. The molecule has 5 nitrogen and oxygen atoms in total. The van der Waals surface area contributed by atoms with Gasteiger partial charge in [0.2, 0.25) is 0 Å². The molecule has 19 heavy (non-hydrogen) atoms. The van der Waals surface area contributed by atoms with E-state index in [0.717, 1.165) is 10.2 Å². The number of hydrogen-bond donors (Lipinski definition) is 2. The zero-order valence-corrected chi connectivity index (χ0v) is 12.4. The third-order valence-corrected chi connectivity index (χ3v) is 3.41. The van der Waals surface area contributed by atoms with Gasteiger partial charge in [0, 0.05) is 23.4 Å². The molecule has 1 aromatic heterocycles. The summed E-state index contributed by atoms with van der Waals surface area (Å²) < 4.78 is 2.43. The third kappa shape index (κ3) is 2.96. The minimum absolute atomic E-state index is 0.184. The molecular formula is C13H15BrN4O. The van der Waals surface area contributed by atoms with Crippen LogP contribution in [-0.4, -0.2) is 15.7 Å². The fraction of sp³-hybridized carbons (Fsp3) is 0.231. The molecule has 100 valence electrons. The lowest BCUT2D eigenvalue weighted by atomic mass is 10.2. The van der Waals surface area contributed by atoms with Crippen LogP contribution in [0.3, 0.4) is 0 Å². The van der Waals surface area contributed by atoms with Crippen molar-refractivity contribution in [2.75, 3.05) is 11.1 Å². The first-order chi connectivity index (χ1) is 9.01. The topological polar surface area (TPSA) is 72.9 Å². The van der Waals surface area contributed by atoms with Crippen LogP contribution in [0.5, 0.6) is 0 Å². The molecule has 1 amide bonds. The number of halogens is 1. The van der Waals surface area contributed by atoms with E-state index in [1.165, 1.54) is 0 Å². The predicted molar refractivity (Wildman–Crippen MR) is 79.1 cm³/mol. The number of hydrogen-bond acceptors (Lipinski definition) is 3. The lowest BCUT2D eigenvalue weighted by molar-refractivity contribution is 0.102. The van der Waals surface area contributed by atoms with Crippen LogP contribution in [0, 0.1) is 0 Å². The van der Waals surface area contributed by atoms with Gasteiger partial charge in [-0.15, -0.1) is 0 Å². The number of carbonyl (C=O) groups excluding carboxylic acids is 1. The van der Waals surface area contributed by atoms with Gasteiger partial charge in [-0.2, -0.15) is 5.10 Å². The summed E-state index contributed by atoms with van der Waals surface area (Å²) in [5.74, 6) is -0.184. The molecular weight excluding hydrogens is 308 g/mol. The highest BCUT2D eigenvalue weighted by molar-refractivity contribution is 9.10. The van der Waals surface area contributed by atoms with Gasteiger partial charge in [-0.05, 0) is 40.5 Å². The van der Waals surface area contributed by atoms with E-state index in [-0.39, 0.29) is 5.91 Å². The second-order valence-corrected chi connectivity index (χ2v) is 5.06. The van der Waals surface area contributed by atoms with E-state index in [4.69, 9.17) is 5.73 Å². The van der Waals surface area contributed by atoms with E-state index in [9.17, 15) is 4.79 Å². The number of nitrogens with two attached hydrogens (primary N) is 1. The van der Waals surface area contributed by atoms with Crippen molar-refractivity contribution in [2.45, 2.75) is 13.3 Å². The van der Waals surface area contributed by atoms with E-state index >= 15 is 0 Å². The van der Waals surface area contributed by atoms with Crippen molar-refractivity contribution in [3.05, 3.63) is 40.1 Å². The summed E-state index contributed by atoms with van der Waals surface area (Å²) in [6.07, 6.45) is 2.43. The molecule has 0 spiro atoms. The summed E-state index contributed by atoms with van der Waals surface area (Å²) in [4.78, 5) is 12.2. The quantitative estimate of drug-likeness (QED) is 0.853. The molecule has 6 heteroatoms. The first-order valence-electron chi connectivity index (χ1n) is 5.90. The van der Waals surface area contributed by atoms with Crippen LogP contribution in [0.25, 0.3) is 0 Å². The van der Waals surface area contributed by atoms with Gasteiger partial charge in [-0.3, -0.25) is 9.48 Å². The van der Waals surface area contributed by atoms with Gasteiger partial charge < -0.3 is 11.1 Å². The minimum Gasteiger partial charge on any atom is -0.399 e. The molecule has 0 aliphatic carbocycles. The van der Waals surface area contributed by atoms with Crippen molar-refractivity contribution in [3.63, 3.8) is 0 Å². The molecule has 0 bridgehead atoms. The maximum atomic E-state index is 12.2. The first kappa shape index (κ1) is 13.6. The van der Waals surface area contributed by atoms with Crippen LogP contribution in [0.2, 0.25) is 0 Å². The minimum atomic E-state index is -0.184. The van der Waals surface area contributed by atoms with Crippen LogP contribution in [0.1, 0.15) is 23.0 Å². The Labute approximate surface area is 119 Å². The lowest BCUT2D eigenvalue weighted by Crippen LogP contribution is -2.13. The molecule has 2 rings (SSSR count). The number of anilines is 2. The number of benzene rings is 1. The van der Waals surface area contributed by atoms with Crippen LogP contribution in [-0.2, 0) is 13.5 Å². The van der Waals surface area contributed by atoms with Crippen LogP contribution >= 0.6 is 15.9 Å². The Morgan fingerprint density at radius 3 is 2.95 bits per heavy atom. The Balaban J connectivity index is 2.27. The maximum absolute atomic E-state index is 12.2. The molecule has 0 saturated carbocycles. The fourth-order valence-corrected chi connectivity index (χ4v) is 2.16. The Hall–Kier alpha value is -1.82. The van der Waals surface area contributed by atoms with Crippen molar-refractivity contribution >= 4 is 33.2 Å². The Kier molecular flexibility index (Phi) is 3.90. The van der Waals surface area contributed by atoms with E-state index in [1.54, 1.807) is 36.1 Å². The second-order valence-electron chi connectivity index (χ2n) is 4.21. The average molecular weight is 323 g/mol. The van der Waals surface area contributed by atoms with E-state index in [1.807, 2.05) is 6.92 Å². The summed E-state index contributed by atoms with van der Waals surface area (Å²) in [7, 11) is 1.80. The molecule has 3 N–H and O–H groups in total. The molecule has 0 fully saturated rings. The largest absolute Gasteiger partial charge is 0.399 e.